The Balaban J connectivity index is 2.39. The van der Waals surface area contributed by atoms with Gasteiger partial charge in [-0.25, -0.2) is 0 Å². The highest BCUT2D eigenvalue weighted by Crippen LogP contribution is 2.29. The maximum absolute atomic E-state index is 11.9. The lowest BCUT2D eigenvalue weighted by Gasteiger charge is -2.21. The van der Waals surface area contributed by atoms with E-state index in [0.29, 0.717) is 6.42 Å². The first-order valence-electron chi connectivity index (χ1n) is 5.80. The van der Waals surface area contributed by atoms with Gasteiger partial charge in [-0.15, -0.1) is 0 Å². The van der Waals surface area contributed by atoms with E-state index >= 15 is 0 Å². The summed E-state index contributed by atoms with van der Waals surface area (Å²) in [5, 5.41) is 8.62. The van der Waals surface area contributed by atoms with Crippen molar-refractivity contribution in [2.75, 3.05) is 13.1 Å². The van der Waals surface area contributed by atoms with Crippen molar-refractivity contribution in [1.29, 1.82) is 0 Å². The summed E-state index contributed by atoms with van der Waals surface area (Å²) >= 11 is 0. The summed E-state index contributed by atoms with van der Waals surface area (Å²) in [5.41, 5.74) is 0.214. The maximum Gasteiger partial charge on any atom is 0.303 e. The molecule has 0 aliphatic carbocycles. The summed E-state index contributed by atoms with van der Waals surface area (Å²) in [5.74, 6) is -0.810. The van der Waals surface area contributed by atoms with E-state index in [-0.39, 0.29) is 23.7 Å². The number of nitrogens with zero attached hydrogens (tertiary/aromatic N) is 1. The van der Waals surface area contributed by atoms with Crippen molar-refractivity contribution in [3.05, 3.63) is 0 Å². The van der Waals surface area contributed by atoms with Gasteiger partial charge in [-0.1, -0.05) is 20.8 Å². The lowest BCUT2D eigenvalue weighted by atomic mass is 9.93. The fourth-order valence-electron chi connectivity index (χ4n) is 2.12. The quantitative estimate of drug-likeness (QED) is 0.796. The number of hydrogen-bond donors (Lipinski definition) is 1. The van der Waals surface area contributed by atoms with Crippen LogP contribution in [0.5, 0.6) is 0 Å². The standard InChI is InChI=1S/C12H21NO3/c1-9(7-11(15)16)6-10(14)13-5-4-12(2,3)8-13/h9H,4-8H2,1-3H3,(H,15,16). The molecule has 1 amide bonds. The molecule has 0 bridgehead atoms. The Morgan fingerprint density at radius 1 is 1.38 bits per heavy atom. The van der Waals surface area contributed by atoms with Crippen LogP contribution < -0.4 is 0 Å². The minimum absolute atomic E-state index is 0.0724. The average molecular weight is 227 g/mol. The van der Waals surface area contributed by atoms with Crippen LogP contribution in [-0.2, 0) is 9.59 Å². The minimum Gasteiger partial charge on any atom is -0.481 e. The van der Waals surface area contributed by atoms with Gasteiger partial charge >= 0.3 is 5.97 Å². The molecule has 1 unspecified atom stereocenters. The first-order valence-corrected chi connectivity index (χ1v) is 5.80. The third-order valence-electron chi connectivity index (χ3n) is 3.08. The molecule has 0 spiro atoms. The van der Waals surface area contributed by atoms with E-state index < -0.39 is 5.97 Å². The Morgan fingerprint density at radius 2 is 2.00 bits per heavy atom. The van der Waals surface area contributed by atoms with Crippen LogP contribution in [0.15, 0.2) is 0 Å². The topological polar surface area (TPSA) is 57.6 Å². The van der Waals surface area contributed by atoms with Crippen molar-refractivity contribution in [3.63, 3.8) is 0 Å². The third-order valence-corrected chi connectivity index (χ3v) is 3.08. The molecule has 1 aliphatic rings. The Bertz CT molecular complexity index is 286. The summed E-state index contributed by atoms with van der Waals surface area (Å²) in [6.45, 7) is 7.73. The second-order valence-corrected chi connectivity index (χ2v) is 5.64. The van der Waals surface area contributed by atoms with Crippen molar-refractivity contribution < 1.29 is 14.7 Å². The van der Waals surface area contributed by atoms with Gasteiger partial charge in [0.25, 0.3) is 0 Å². The van der Waals surface area contributed by atoms with E-state index in [1.807, 2.05) is 11.8 Å². The first-order chi connectivity index (χ1) is 7.30. The molecular weight excluding hydrogens is 206 g/mol. The van der Waals surface area contributed by atoms with E-state index in [0.717, 1.165) is 19.5 Å². The molecule has 1 fully saturated rings. The van der Waals surface area contributed by atoms with Crippen LogP contribution in [0.4, 0.5) is 0 Å². The number of rotatable bonds is 4. The summed E-state index contributed by atoms with van der Waals surface area (Å²) in [6, 6.07) is 0. The van der Waals surface area contributed by atoms with Crippen molar-refractivity contribution in [3.8, 4) is 0 Å². The first kappa shape index (κ1) is 13.0. The normalized spacial score (nSPS) is 20.8. The molecule has 1 saturated heterocycles. The second-order valence-electron chi connectivity index (χ2n) is 5.64. The van der Waals surface area contributed by atoms with Crippen LogP contribution in [0.25, 0.3) is 0 Å². The molecule has 0 aromatic rings. The molecule has 1 atom stereocenters. The predicted octanol–water partition coefficient (Wildman–Crippen LogP) is 1.75. The van der Waals surface area contributed by atoms with Crippen molar-refractivity contribution in [2.24, 2.45) is 11.3 Å². The van der Waals surface area contributed by atoms with Gasteiger partial charge in [0.05, 0.1) is 0 Å². The molecule has 0 aromatic carbocycles. The zero-order valence-corrected chi connectivity index (χ0v) is 10.3. The monoisotopic (exact) mass is 227 g/mol. The van der Waals surface area contributed by atoms with Crippen LogP contribution in [0.2, 0.25) is 0 Å². The van der Waals surface area contributed by atoms with Gasteiger partial charge < -0.3 is 10.0 Å². The number of amides is 1. The van der Waals surface area contributed by atoms with E-state index in [2.05, 4.69) is 13.8 Å². The lowest BCUT2D eigenvalue weighted by Crippen LogP contribution is -2.31. The van der Waals surface area contributed by atoms with Crippen LogP contribution in [0.3, 0.4) is 0 Å². The zero-order valence-electron chi connectivity index (χ0n) is 10.3. The Morgan fingerprint density at radius 3 is 2.44 bits per heavy atom. The van der Waals surface area contributed by atoms with Crippen LogP contribution in [0.1, 0.15) is 40.0 Å². The third kappa shape index (κ3) is 3.83. The Labute approximate surface area is 96.6 Å². The van der Waals surface area contributed by atoms with Gasteiger partial charge in [0.1, 0.15) is 0 Å². The molecule has 4 nitrogen and oxygen atoms in total. The predicted molar refractivity (Wildman–Crippen MR) is 61.0 cm³/mol. The van der Waals surface area contributed by atoms with Gasteiger partial charge in [-0.05, 0) is 17.8 Å². The van der Waals surface area contributed by atoms with Crippen LogP contribution >= 0.6 is 0 Å². The number of carboxylic acids is 1. The zero-order chi connectivity index (χ0) is 12.3. The molecule has 4 heteroatoms. The number of likely N-dealkylation sites (tertiary alicyclic amines) is 1. The summed E-state index contributed by atoms with van der Waals surface area (Å²) in [6.07, 6.45) is 1.46. The fraction of sp³-hybridized carbons (Fsp3) is 0.833. The maximum atomic E-state index is 11.9. The van der Waals surface area contributed by atoms with Gasteiger partial charge in [0.15, 0.2) is 0 Å². The number of carbonyl (C=O) groups is 2. The molecule has 92 valence electrons. The molecule has 1 rings (SSSR count). The lowest BCUT2D eigenvalue weighted by molar-refractivity contribution is -0.138. The minimum atomic E-state index is -0.831. The summed E-state index contributed by atoms with van der Waals surface area (Å²) < 4.78 is 0. The van der Waals surface area contributed by atoms with Gasteiger partial charge in [-0.3, -0.25) is 9.59 Å². The highest BCUT2D eigenvalue weighted by atomic mass is 16.4. The van der Waals surface area contributed by atoms with E-state index in [1.54, 1.807) is 0 Å². The molecule has 1 N–H and O–H groups in total. The molecule has 16 heavy (non-hydrogen) atoms. The Kier molecular flexibility index (Phi) is 3.94. The van der Waals surface area contributed by atoms with Crippen molar-refractivity contribution >= 4 is 11.9 Å². The van der Waals surface area contributed by atoms with E-state index in [1.165, 1.54) is 0 Å². The molecular formula is C12H21NO3. The van der Waals surface area contributed by atoms with Gasteiger partial charge in [-0.2, -0.15) is 0 Å². The van der Waals surface area contributed by atoms with Crippen molar-refractivity contribution in [2.45, 2.75) is 40.0 Å². The number of hydrogen-bond acceptors (Lipinski definition) is 2. The summed E-state index contributed by atoms with van der Waals surface area (Å²) in [4.78, 5) is 24.2. The molecule has 0 saturated carbocycles. The van der Waals surface area contributed by atoms with Gasteiger partial charge in [0, 0.05) is 25.9 Å². The molecule has 1 aliphatic heterocycles. The molecule has 1 heterocycles. The highest BCUT2D eigenvalue weighted by Gasteiger charge is 2.32. The molecule has 0 aromatic heterocycles. The van der Waals surface area contributed by atoms with Gasteiger partial charge in [0.2, 0.25) is 5.91 Å². The average Bonchev–Trinajstić information content (AvgIpc) is 2.44. The number of aliphatic carboxylic acids is 1. The largest absolute Gasteiger partial charge is 0.481 e. The van der Waals surface area contributed by atoms with E-state index in [9.17, 15) is 9.59 Å². The highest BCUT2D eigenvalue weighted by molar-refractivity contribution is 5.77. The smallest absolute Gasteiger partial charge is 0.303 e. The fourth-order valence-corrected chi connectivity index (χ4v) is 2.12. The SMILES string of the molecule is CC(CC(=O)O)CC(=O)N1CCC(C)(C)C1. The molecule has 0 radical (unpaired) electrons. The van der Waals surface area contributed by atoms with E-state index in [4.69, 9.17) is 5.11 Å². The second kappa shape index (κ2) is 4.85. The number of carbonyl (C=O) groups excluding carboxylic acids is 1. The Hall–Kier alpha value is -1.06. The summed E-state index contributed by atoms with van der Waals surface area (Å²) in [7, 11) is 0. The van der Waals surface area contributed by atoms with Crippen LogP contribution in [0, 0.1) is 11.3 Å². The number of carboxylic acid groups (broad SMARTS) is 1. The van der Waals surface area contributed by atoms with Crippen LogP contribution in [-0.4, -0.2) is 35.0 Å². The van der Waals surface area contributed by atoms with Crippen molar-refractivity contribution in [1.82, 2.24) is 4.90 Å².